The minimum Gasteiger partial charge on any atom is -0.350 e. The van der Waals surface area contributed by atoms with Gasteiger partial charge in [-0.25, -0.2) is 0 Å². The fourth-order valence-electron chi connectivity index (χ4n) is 2.18. The number of H-pyrrole nitrogens is 1. The van der Waals surface area contributed by atoms with E-state index < -0.39 is 0 Å². The third-order valence-electron chi connectivity index (χ3n) is 3.49. The molecule has 0 fully saturated rings. The van der Waals surface area contributed by atoms with Crippen LogP contribution in [0.2, 0.25) is 0 Å². The second kappa shape index (κ2) is 7.28. The maximum atomic E-state index is 11.8. The Bertz CT molecular complexity index is 367. The summed E-state index contributed by atoms with van der Waals surface area (Å²) < 4.78 is 0. The fraction of sp³-hybridized carbons (Fsp3) is 0.714. The molecule has 0 saturated carbocycles. The lowest BCUT2D eigenvalue weighted by atomic mass is 9.76. The lowest BCUT2D eigenvalue weighted by Gasteiger charge is -2.30. The van der Waals surface area contributed by atoms with Crippen molar-refractivity contribution in [3.63, 3.8) is 0 Å². The Hall–Kier alpha value is -1.36. The number of aromatic nitrogens is 2. The quantitative estimate of drug-likeness (QED) is 0.704. The normalized spacial score (nSPS) is 13.3. The Morgan fingerprint density at radius 1 is 1.47 bits per heavy atom. The number of hydrogen-bond acceptors (Lipinski definition) is 3. The van der Waals surface area contributed by atoms with E-state index in [2.05, 4.69) is 36.3 Å². The second-order valence-corrected chi connectivity index (χ2v) is 6.04. The number of rotatable bonds is 7. The minimum absolute atomic E-state index is 0.0841. The third kappa shape index (κ3) is 5.87. The fourth-order valence-corrected chi connectivity index (χ4v) is 2.18. The van der Waals surface area contributed by atoms with Crippen molar-refractivity contribution in [3.05, 3.63) is 18.0 Å². The van der Waals surface area contributed by atoms with Crippen LogP contribution in [0, 0.1) is 11.3 Å². The first kappa shape index (κ1) is 15.7. The molecule has 0 saturated heterocycles. The summed E-state index contributed by atoms with van der Waals surface area (Å²) in [6.07, 6.45) is 4.08. The molecular formula is C14H26N4O. The Labute approximate surface area is 115 Å². The zero-order chi connectivity index (χ0) is 14.3. The van der Waals surface area contributed by atoms with Crippen LogP contribution in [0.15, 0.2) is 12.3 Å². The number of carbonyl (C=O) groups is 1. The Balaban J connectivity index is 2.31. The van der Waals surface area contributed by atoms with Crippen molar-refractivity contribution in [3.8, 4) is 0 Å². The van der Waals surface area contributed by atoms with Crippen LogP contribution in [0.25, 0.3) is 0 Å². The SMILES string of the molecule is CC(C)(C)C(CCN)CCC(=O)NCc1ccn[nH]1. The van der Waals surface area contributed by atoms with Crippen molar-refractivity contribution in [1.29, 1.82) is 0 Å². The standard InChI is InChI=1S/C14H26N4O/c1-14(2,3)11(6-8-15)4-5-13(19)16-10-12-7-9-17-18-12/h7,9,11H,4-6,8,10,15H2,1-3H3,(H,16,19)(H,17,18). The van der Waals surface area contributed by atoms with E-state index >= 15 is 0 Å². The van der Waals surface area contributed by atoms with Gasteiger partial charge >= 0.3 is 0 Å². The zero-order valence-corrected chi connectivity index (χ0v) is 12.2. The molecule has 5 nitrogen and oxygen atoms in total. The van der Waals surface area contributed by atoms with Crippen LogP contribution in [0.1, 0.15) is 45.7 Å². The maximum Gasteiger partial charge on any atom is 0.220 e. The smallest absolute Gasteiger partial charge is 0.220 e. The highest BCUT2D eigenvalue weighted by atomic mass is 16.1. The van der Waals surface area contributed by atoms with Crippen molar-refractivity contribution in [2.75, 3.05) is 6.54 Å². The lowest BCUT2D eigenvalue weighted by Crippen LogP contribution is -2.27. The van der Waals surface area contributed by atoms with Crippen molar-refractivity contribution in [2.24, 2.45) is 17.1 Å². The second-order valence-electron chi connectivity index (χ2n) is 6.04. The summed E-state index contributed by atoms with van der Waals surface area (Å²) >= 11 is 0. The van der Waals surface area contributed by atoms with Crippen LogP contribution in [0.4, 0.5) is 0 Å². The highest BCUT2D eigenvalue weighted by Gasteiger charge is 2.24. The van der Waals surface area contributed by atoms with Crippen molar-refractivity contribution in [1.82, 2.24) is 15.5 Å². The van der Waals surface area contributed by atoms with E-state index in [-0.39, 0.29) is 11.3 Å². The van der Waals surface area contributed by atoms with Gasteiger partial charge in [0.25, 0.3) is 0 Å². The molecule has 1 amide bonds. The first-order valence-corrected chi connectivity index (χ1v) is 6.88. The molecule has 0 aliphatic heterocycles. The van der Waals surface area contributed by atoms with Crippen LogP contribution in [-0.2, 0) is 11.3 Å². The molecule has 1 rings (SSSR count). The first-order chi connectivity index (χ1) is 8.93. The lowest BCUT2D eigenvalue weighted by molar-refractivity contribution is -0.121. The monoisotopic (exact) mass is 266 g/mol. The molecule has 0 aromatic carbocycles. The van der Waals surface area contributed by atoms with Crippen LogP contribution in [-0.4, -0.2) is 22.6 Å². The van der Waals surface area contributed by atoms with Crippen molar-refractivity contribution in [2.45, 2.75) is 46.6 Å². The molecule has 108 valence electrons. The van der Waals surface area contributed by atoms with Gasteiger partial charge in [-0.3, -0.25) is 9.89 Å². The largest absolute Gasteiger partial charge is 0.350 e. The summed E-state index contributed by atoms with van der Waals surface area (Å²) in [7, 11) is 0. The van der Waals surface area contributed by atoms with E-state index in [1.165, 1.54) is 0 Å². The molecule has 0 spiro atoms. The van der Waals surface area contributed by atoms with Gasteiger partial charge in [0.1, 0.15) is 0 Å². The van der Waals surface area contributed by atoms with E-state index in [0.29, 0.717) is 25.4 Å². The number of nitrogens with one attached hydrogen (secondary N) is 2. The van der Waals surface area contributed by atoms with E-state index in [1.807, 2.05) is 6.07 Å². The number of amides is 1. The van der Waals surface area contributed by atoms with E-state index in [4.69, 9.17) is 5.73 Å². The number of nitrogens with zero attached hydrogens (tertiary/aromatic N) is 1. The summed E-state index contributed by atoms with van der Waals surface area (Å²) in [5.74, 6) is 0.566. The van der Waals surface area contributed by atoms with Gasteiger partial charge in [-0.15, -0.1) is 0 Å². The Kier molecular flexibility index (Phi) is 6.02. The topological polar surface area (TPSA) is 83.8 Å². The molecule has 0 radical (unpaired) electrons. The highest BCUT2D eigenvalue weighted by Crippen LogP contribution is 2.31. The number of aromatic amines is 1. The van der Waals surface area contributed by atoms with Crippen LogP contribution in [0.3, 0.4) is 0 Å². The summed E-state index contributed by atoms with van der Waals surface area (Å²) in [4.78, 5) is 11.8. The summed E-state index contributed by atoms with van der Waals surface area (Å²) in [6.45, 7) is 7.80. The molecule has 1 unspecified atom stereocenters. The third-order valence-corrected chi connectivity index (χ3v) is 3.49. The maximum absolute atomic E-state index is 11.8. The van der Waals surface area contributed by atoms with Gasteiger partial charge in [0.15, 0.2) is 0 Å². The van der Waals surface area contributed by atoms with Crippen molar-refractivity contribution >= 4 is 5.91 Å². The van der Waals surface area contributed by atoms with Gasteiger partial charge in [0.05, 0.1) is 12.2 Å². The van der Waals surface area contributed by atoms with Gasteiger partial charge in [0.2, 0.25) is 5.91 Å². The predicted octanol–water partition coefficient (Wildman–Crippen LogP) is 1.82. The van der Waals surface area contributed by atoms with Gasteiger partial charge in [0, 0.05) is 12.6 Å². The molecule has 0 bridgehead atoms. The summed E-state index contributed by atoms with van der Waals surface area (Å²) in [5, 5.41) is 9.55. The molecule has 0 aliphatic carbocycles. The van der Waals surface area contributed by atoms with Gasteiger partial charge in [-0.1, -0.05) is 20.8 Å². The van der Waals surface area contributed by atoms with E-state index in [0.717, 1.165) is 18.5 Å². The number of nitrogens with two attached hydrogens (primary N) is 1. The molecule has 4 N–H and O–H groups in total. The van der Waals surface area contributed by atoms with E-state index in [1.54, 1.807) is 6.20 Å². The summed E-state index contributed by atoms with van der Waals surface area (Å²) in [6, 6.07) is 1.85. The molecule has 1 atom stereocenters. The van der Waals surface area contributed by atoms with Gasteiger partial charge in [-0.2, -0.15) is 5.10 Å². The molecule has 1 aromatic heterocycles. The predicted molar refractivity (Wildman–Crippen MR) is 76.3 cm³/mol. The molecule has 0 aliphatic rings. The number of carbonyl (C=O) groups excluding carboxylic acids is 1. The van der Waals surface area contributed by atoms with Gasteiger partial charge < -0.3 is 11.1 Å². The molecule has 1 aromatic rings. The van der Waals surface area contributed by atoms with Gasteiger partial charge in [-0.05, 0) is 36.8 Å². The minimum atomic E-state index is 0.0841. The van der Waals surface area contributed by atoms with Crippen molar-refractivity contribution < 1.29 is 4.79 Å². The molecular weight excluding hydrogens is 240 g/mol. The summed E-state index contributed by atoms with van der Waals surface area (Å²) in [5.41, 5.74) is 6.76. The average molecular weight is 266 g/mol. The highest BCUT2D eigenvalue weighted by molar-refractivity contribution is 5.75. The van der Waals surface area contributed by atoms with Crippen LogP contribution >= 0.6 is 0 Å². The molecule has 5 heteroatoms. The molecule has 1 heterocycles. The Morgan fingerprint density at radius 3 is 2.74 bits per heavy atom. The Morgan fingerprint density at radius 2 is 2.21 bits per heavy atom. The number of hydrogen-bond donors (Lipinski definition) is 3. The molecule has 19 heavy (non-hydrogen) atoms. The van der Waals surface area contributed by atoms with Crippen LogP contribution in [0.5, 0.6) is 0 Å². The van der Waals surface area contributed by atoms with Crippen LogP contribution < -0.4 is 11.1 Å². The van der Waals surface area contributed by atoms with E-state index in [9.17, 15) is 4.79 Å². The zero-order valence-electron chi connectivity index (χ0n) is 12.2. The average Bonchev–Trinajstić information content (AvgIpc) is 2.83. The first-order valence-electron chi connectivity index (χ1n) is 6.88.